The number of carboxylic acids is 1. The maximum absolute atomic E-state index is 10.6. The summed E-state index contributed by atoms with van der Waals surface area (Å²) in [7, 11) is 0. The molecule has 2 aromatic carbocycles. The Morgan fingerprint density at radius 2 is 1.74 bits per heavy atom. The van der Waals surface area contributed by atoms with Gasteiger partial charge in [-0.05, 0) is 41.7 Å². The van der Waals surface area contributed by atoms with Crippen LogP contribution in [0.25, 0.3) is 11.1 Å². The molecule has 3 rings (SSSR count). The van der Waals surface area contributed by atoms with Gasteiger partial charge in [-0.2, -0.15) is 13.2 Å². The van der Waals surface area contributed by atoms with Gasteiger partial charge >= 0.3 is 12.1 Å². The third kappa shape index (κ3) is 6.58. The fraction of sp³-hybridized carbons (Fsp3) is 0.316. The Morgan fingerprint density at radius 1 is 1.15 bits per heavy atom. The van der Waals surface area contributed by atoms with E-state index in [9.17, 15) is 13.2 Å². The van der Waals surface area contributed by atoms with Crippen LogP contribution in [-0.2, 0) is 4.79 Å². The van der Waals surface area contributed by atoms with E-state index in [1.807, 2.05) is 36.4 Å². The zero-order chi connectivity index (χ0) is 20.0. The van der Waals surface area contributed by atoms with Crippen molar-refractivity contribution in [3.63, 3.8) is 0 Å². The van der Waals surface area contributed by atoms with Gasteiger partial charge in [0.2, 0.25) is 0 Å². The van der Waals surface area contributed by atoms with Crippen molar-refractivity contribution in [1.29, 1.82) is 0 Å². The van der Waals surface area contributed by atoms with E-state index in [0.717, 1.165) is 35.3 Å². The number of carbonyl (C=O) groups is 1. The number of alkyl halides is 3. The van der Waals surface area contributed by atoms with Crippen LogP contribution in [0.4, 0.5) is 13.2 Å². The second-order valence-corrected chi connectivity index (χ2v) is 6.06. The van der Waals surface area contributed by atoms with Crippen LogP contribution in [0.15, 0.2) is 48.5 Å². The fourth-order valence-corrected chi connectivity index (χ4v) is 2.16. The number of hydrogen-bond donors (Lipinski definition) is 3. The molecule has 0 radical (unpaired) electrons. The molecule has 0 aliphatic heterocycles. The van der Waals surface area contributed by atoms with Crippen LogP contribution in [0, 0.1) is 0 Å². The highest BCUT2D eigenvalue weighted by Gasteiger charge is 2.38. The van der Waals surface area contributed by atoms with Gasteiger partial charge in [0.15, 0.2) is 0 Å². The fourth-order valence-electron chi connectivity index (χ4n) is 2.16. The maximum Gasteiger partial charge on any atom is 0.490 e. The van der Waals surface area contributed by atoms with Gasteiger partial charge in [0, 0.05) is 0 Å². The standard InChI is InChI=1S/C17H19NO2.C2HF3O2/c18-17(11-19)13-6-4-12(5-7-13)14-2-1-3-16(10-14)20-15-8-9-15;3-2(4,5)1(6)7/h1-7,10,15,17,19H,8-9,11,18H2;(H,6,7)/t17-;/m1./s1. The molecule has 1 fully saturated rings. The lowest BCUT2D eigenvalue weighted by atomic mass is 10.0. The minimum atomic E-state index is -5.08. The Morgan fingerprint density at radius 3 is 2.22 bits per heavy atom. The molecule has 0 aromatic heterocycles. The Kier molecular flexibility index (Phi) is 6.81. The molecule has 0 saturated heterocycles. The molecule has 0 unspecified atom stereocenters. The minimum absolute atomic E-state index is 0.0376. The van der Waals surface area contributed by atoms with Crippen LogP contribution in [0.2, 0.25) is 0 Å². The second-order valence-electron chi connectivity index (χ2n) is 6.06. The van der Waals surface area contributed by atoms with Crippen molar-refractivity contribution in [2.45, 2.75) is 31.2 Å². The minimum Gasteiger partial charge on any atom is -0.490 e. The summed E-state index contributed by atoms with van der Waals surface area (Å²) in [6.45, 7) is -0.0376. The lowest BCUT2D eigenvalue weighted by Crippen LogP contribution is -2.21. The van der Waals surface area contributed by atoms with Crippen LogP contribution in [0.1, 0.15) is 24.4 Å². The molecule has 27 heavy (non-hydrogen) atoms. The number of aliphatic hydroxyl groups excluding tert-OH is 1. The molecular weight excluding hydrogens is 363 g/mol. The number of benzene rings is 2. The summed E-state index contributed by atoms with van der Waals surface area (Å²) in [6.07, 6.45) is -2.34. The van der Waals surface area contributed by atoms with Crippen LogP contribution in [-0.4, -0.2) is 35.1 Å². The molecule has 2 aromatic rings. The number of halogens is 3. The van der Waals surface area contributed by atoms with Gasteiger partial charge in [0.1, 0.15) is 5.75 Å². The number of rotatable bonds is 5. The first-order valence-corrected chi connectivity index (χ1v) is 8.24. The first-order chi connectivity index (χ1) is 12.7. The molecule has 1 aliphatic carbocycles. The Hall–Kier alpha value is -2.58. The van der Waals surface area contributed by atoms with E-state index in [0.29, 0.717) is 6.10 Å². The predicted octanol–water partition coefficient (Wildman–Crippen LogP) is 3.52. The third-order valence-corrected chi connectivity index (χ3v) is 3.77. The Balaban J connectivity index is 0.000000321. The van der Waals surface area contributed by atoms with E-state index < -0.39 is 12.1 Å². The summed E-state index contributed by atoms with van der Waals surface area (Å²) in [4.78, 5) is 8.90. The largest absolute Gasteiger partial charge is 0.490 e. The van der Waals surface area contributed by atoms with E-state index >= 15 is 0 Å². The molecule has 0 amide bonds. The van der Waals surface area contributed by atoms with E-state index in [-0.39, 0.29) is 12.6 Å². The average molecular weight is 383 g/mol. The number of carboxylic acid groups (broad SMARTS) is 1. The lowest BCUT2D eigenvalue weighted by Gasteiger charge is -2.10. The molecule has 146 valence electrons. The molecular formula is C19H20F3NO4. The first-order valence-electron chi connectivity index (χ1n) is 8.24. The van der Waals surface area contributed by atoms with Gasteiger partial charge in [0.25, 0.3) is 0 Å². The number of nitrogens with two attached hydrogens (primary N) is 1. The molecule has 4 N–H and O–H groups in total. The van der Waals surface area contributed by atoms with Crippen molar-refractivity contribution in [1.82, 2.24) is 0 Å². The summed E-state index contributed by atoms with van der Waals surface area (Å²) >= 11 is 0. The van der Waals surface area contributed by atoms with Gasteiger partial charge in [-0.1, -0.05) is 36.4 Å². The highest BCUT2D eigenvalue weighted by atomic mass is 19.4. The molecule has 8 heteroatoms. The Labute approximate surface area is 154 Å². The Bertz CT molecular complexity index is 758. The molecule has 0 spiro atoms. The zero-order valence-electron chi connectivity index (χ0n) is 14.3. The highest BCUT2D eigenvalue weighted by Crippen LogP contribution is 2.30. The smallest absolute Gasteiger partial charge is 0.490 e. The third-order valence-electron chi connectivity index (χ3n) is 3.77. The van der Waals surface area contributed by atoms with Gasteiger partial charge in [-0.15, -0.1) is 0 Å². The van der Waals surface area contributed by atoms with Crippen molar-refractivity contribution in [2.75, 3.05) is 6.61 Å². The van der Waals surface area contributed by atoms with Gasteiger partial charge in [-0.25, -0.2) is 4.79 Å². The van der Waals surface area contributed by atoms with E-state index in [1.165, 1.54) is 0 Å². The quantitative estimate of drug-likeness (QED) is 0.735. The molecule has 0 bridgehead atoms. The van der Waals surface area contributed by atoms with Crippen molar-refractivity contribution >= 4 is 5.97 Å². The number of aliphatic carboxylic acids is 1. The molecule has 1 aliphatic rings. The van der Waals surface area contributed by atoms with E-state index in [2.05, 4.69) is 12.1 Å². The van der Waals surface area contributed by atoms with Crippen LogP contribution in [0.3, 0.4) is 0 Å². The SMILES string of the molecule is N[C@H](CO)c1ccc(-c2cccc(OC3CC3)c2)cc1.O=C(O)C(F)(F)F. The van der Waals surface area contributed by atoms with Crippen molar-refractivity contribution in [3.8, 4) is 16.9 Å². The van der Waals surface area contributed by atoms with E-state index in [1.54, 1.807) is 0 Å². The molecule has 5 nitrogen and oxygen atoms in total. The lowest BCUT2D eigenvalue weighted by molar-refractivity contribution is -0.192. The monoisotopic (exact) mass is 383 g/mol. The van der Waals surface area contributed by atoms with Gasteiger partial charge in [0.05, 0.1) is 18.8 Å². The number of ether oxygens (including phenoxy) is 1. The van der Waals surface area contributed by atoms with Gasteiger partial charge in [-0.3, -0.25) is 0 Å². The summed E-state index contributed by atoms with van der Waals surface area (Å²) < 4.78 is 37.5. The normalized spacial score (nSPS) is 14.7. The molecule has 1 atom stereocenters. The van der Waals surface area contributed by atoms with Crippen LogP contribution >= 0.6 is 0 Å². The average Bonchev–Trinajstić information content (AvgIpc) is 3.45. The second kappa shape index (κ2) is 8.88. The summed E-state index contributed by atoms with van der Waals surface area (Å²) in [5, 5.41) is 16.2. The molecule has 1 saturated carbocycles. The topological polar surface area (TPSA) is 92.8 Å². The van der Waals surface area contributed by atoms with Crippen LogP contribution < -0.4 is 10.5 Å². The maximum atomic E-state index is 10.6. The predicted molar refractivity (Wildman–Crippen MR) is 93.2 cm³/mol. The first kappa shape index (κ1) is 20.7. The zero-order valence-corrected chi connectivity index (χ0v) is 14.3. The summed E-state index contributed by atoms with van der Waals surface area (Å²) in [6, 6.07) is 15.8. The summed E-state index contributed by atoms with van der Waals surface area (Å²) in [5.41, 5.74) is 9.00. The van der Waals surface area contributed by atoms with Crippen molar-refractivity contribution in [3.05, 3.63) is 54.1 Å². The summed E-state index contributed by atoms with van der Waals surface area (Å²) in [5.74, 6) is -1.83. The van der Waals surface area contributed by atoms with Crippen molar-refractivity contribution < 1.29 is 32.9 Å². The molecule has 0 heterocycles. The number of hydrogen-bond acceptors (Lipinski definition) is 4. The van der Waals surface area contributed by atoms with E-state index in [4.69, 9.17) is 25.5 Å². The van der Waals surface area contributed by atoms with Crippen molar-refractivity contribution in [2.24, 2.45) is 5.73 Å². The number of aliphatic hydroxyl groups is 1. The van der Waals surface area contributed by atoms with Gasteiger partial charge < -0.3 is 20.7 Å². The highest BCUT2D eigenvalue weighted by molar-refractivity contribution is 5.73. The van der Waals surface area contributed by atoms with Crippen LogP contribution in [0.5, 0.6) is 5.75 Å².